The molecule has 1 heterocycles. The zero-order valence-electron chi connectivity index (χ0n) is 13.3. The predicted octanol–water partition coefficient (Wildman–Crippen LogP) is 4.29. The van der Waals surface area contributed by atoms with E-state index in [1.165, 1.54) is 23.8 Å². The van der Waals surface area contributed by atoms with Crippen molar-refractivity contribution in [2.24, 2.45) is 0 Å². The molecule has 0 bridgehead atoms. The number of aryl methyl sites for hydroxylation is 1. The van der Waals surface area contributed by atoms with Crippen molar-refractivity contribution in [2.45, 2.75) is 46.1 Å². The number of unbranched alkanes of at least 4 members (excludes halogenated alkanes) is 1. The molecule has 0 spiro atoms. The Morgan fingerprint density at radius 1 is 1.14 bits per heavy atom. The number of hydrogen-bond donors (Lipinski definition) is 1. The number of nitrogens with one attached hydrogen (secondary N) is 1. The zero-order valence-corrected chi connectivity index (χ0v) is 13.3. The van der Waals surface area contributed by atoms with Gasteiger partial charge >= 0.3 is 0 Å². The van der Waals surface area contributed by atoms with E-state index in [4.69, 9.17) is 9.15 Å². The topological polar surface area (TPSA) is 34.4 Å². The molecule has 0 aliphatic carbocycles. The first-order chi connectivity index (χ1) is 10.4. The molecule has 3 nitrogen and oxygen atoms in total. The van der Waals surface area contributed by atoms with Gasteiger partial charge in [-0.2, -0.15) is 0 Å². The molecule has 1 aromatic carbocycles. The van der Waals surface area contributed by atoms with Crippen LogP contribution in [0.3, 0.4) is 0 Å². The van der Waals surface area contributed by atoms with Gasteiger partial charge in [-0.15, -0.1) is 0 Å². The monoisotopic (exact) mass is 289 g/mol. The number of rotatable bonds is 10. The third kappa shape index (κ3) is 4.58. The summed E-state index contributed by atoms with van der Waals surface area (Å²) in [5, 5.41) is 4.77. The Kier molecular flexibility index (Phi) is 6.77. The van der Waals surface area contributed by atoms with Crippen molar-refractivity contribution in [2.75, 3.05) is 19.8 Å². The highest BCUT2D eigenvalue weighted by atomic mass is 16.5. The van der Waals surface area contributed by atoms with Crippen molar-refractivity contribution in [1.29, 1.82) is 0 Å². The third-order valence-electron chi connectivity index (χ3n) is 3.69. The van der Waals surface area contributed by atoms with Crippen molar-refractivity contribution in [3.05, 3.63) is 35.6 Å². The van der Waals surface area contributed by atoms with Crippen LogP contribution in [0, 0.1) is 0 Å². The molecule has 0 atom stereocenters. The minimum atomic E-state index is 0.799. The minimum absolute atomic E-state index is 0.799. The lowest BCUT2D eigenvalue weighted by atomic mass is 10.1. The van der Waals surface area contributed by atoms with Gasteiger partial charge in [-0.05, 0) is 32.4 Å². The van der Waals surface area contributed by atoms with Gasteiger partial charge in [0.1, 0.15) is 11.3 Å². The average Bonchev–Trinajstić information content (AvgIpc) is 2.86. The molecule has 0 aliphatic heterocycles. The molecule has 1 aromatic heterocycles. The van der Waals surface area contributed by atoms with Gasteiger partial charge in [-0.3, -0.25) is 0 Å². The van der Waals surface area contributed by atoms with Crippen molar-refractivity contribution in [1.82, 2.24) is 5.32 Å². The zero-order chi connectivity index (χ0) is 14.9. The van der Waals surface area contributed by atoms with Crippen LogP contribution in [0.5, 0.6) is 0 Å². The van der Waals surface area contributed by atoms with E-state index in [9.17, 15) is 0 Å². The summed E-state index contributed by atoms with van der Waals surface area (Å²) in [5.74, 6) is 1.15. The van der Waals surface area contributed by atoms with E-state index in [1.807, 2.05) is 13.0 Å². The van der Waals surface area contributed by atoms with Crippen LogP contribution < -0.4 is 5.32 Å². The van der Waals surface area contributed by atoms with E-state index in [1.54, 1.807) is 0 Å². The number of hydrogen-bond acceptors (Lipinski definition) is 3. The van der Waals surface area contributed by atoms with Gasteiger partial charge in [0.15, 0.2) is 0 Å². The Hall–Kier alpha value is -1.32. The minimum Gasteiger partial charge on any atom is -0.461 e. The lowest BCUT2D eigenvalue weighted by molar-refractivity contribution is 0.144. The van der Waals surface area contributed by atoms with Gasteiger partial charge in [0.2, 0.25) is 0 Å². The first-order valence-corrected chi connectivity index (χ1v) is 8.14. The van der Waals surface area contributed by atoms with Crippen molar-refractivity contribution in [3.8, 4) is 0 Å². The van der Waals surface area contributed by atoms with E-state index in [0.717, 1.165) is 50.5 Å². The highest BCUT2D eigenvalue weighted by molar-refractivity contribution is 5.82. The van der Waals surface area contributed by atoms with E-state index in [0.29, 0.717) is 0 Å². The highest BCUT2D eigenvalue weighted by Gasteiger charge is 2.12. The van der Waals surface area contributed by atoms with E-state index >= 15 is 0 Å². The van der Waals surface area contributed by atoms with Crippen molar-refractivity contribution >= 4 is 11.0 Å². The maximum Gasteiger partial charge on any atom is 0.134 e. The molecule has 0 fully saturated rings. The van der Waals surface area contributed by atoms with Crippen molar-refractivity contribution < 1.29 is 9.15 Å². The first-order valence-electron chi connectivity index (χ1n) is 8.14. The standard InChI is InChI=1S/C18H27NO2/c1-3-5-10-18-16(14-19-12-8-13-20-4-2)15-9-6-7-11-17(15)21-18/h6-7,9,11,19H,3-5,8,10,12-14H2,1-2H3. The second-order valence-corrected chi connectivity index (χ2v) is 5.33. The summed E-state index contributed by atoms with van der Waals surface area (Å²) in [7, 11) is 0. The van der Waals surface area contributed by atoms with E-state index in [-0.39, 0.29) is 0 Å². The van der Waals surface area contributed by atoms with Gasteiger partial charge in [-0.1, -0.05) is 31.5 Å². The second kappa shape index (κ2) is 8.85. The van der Waals surface area contributed by atoms with Gasteiger partial charge in [0, 0.05) is 37.1 Å². The van der Waals surface area contributed by atoms with Crippen LogP contribution >= 0.6 is 0 Å². The molecule has 0 saturated heterocycles. The van der Waals surface area contributed by atoms with Crippen LogP contribution in [0.2, 0.25) is 0 Å². The summed E-state index contributed by atoms with van der Waals surface area (Å²) in [6, 6.07) is 8.34. The van der Waals surface area contributed by atoms with Gasteiger partial charge in [0.05, 0.1) is 0 Å². The number of para-hydroxylation sites is 1. The van der Waals surface area contributed by atoms with Crippen LogP contribution in [0.4, 0.5) is 0 Å². The Morgan fingerprint density at radius 2 is 2.00 bits per heavy atom. The third-order valence-corrected chi connectivity index (χ3v) is 3.69. The fourth-order valence-corrected chi connectivity index (χ4v) is 2.54. The van der Waals surface area contributed by atoms with Crippen LogP contribution in [0.15, 0.2) is 28.7 Å². The molecule has 1 N–H and O–H groups in total. The number of ether oxygens (including phenoxy) is 1. The van der Waals surface area contributed by atoms with E-state index in [2.05, 4.69) is 30.4 Å². The van der Waals surface area contributed by atoms with Gasteiger partial charge in [-0.25, -0.2) is 0 Å². The Labute approximate surface area is 127 Å². The quantitative estimate of drug-likeness (QED) is 0.662. The second-order valence-electron chi connectivity index (χ2n) is 5.33. The summed E-state index contributed by atoms with van der Waals surface area (Å²) in [4.78, 5) is 0. The summed E-state index contributed by atoms with van der Waals surface area (Å²) < 4.78 is 11.4. The Bertz CT molecular complexity index is 533. The highest BCUT2D eigenvalue weighted by Crippen LogP contribution is 2.27. The van der Waals surface area contributed by atoms with Crippen LogP contribution in [0.25, 0.3) is 11.0 Å². The summed E-state index contributed by atoms with van der Waals surface area (Å²) >= 11 is 0. The number of fused-ring (bicyclic) bond motifs is 1. The smallest absolute Gasteiger partial charge is 0.134 e. The molecule has 2 rings (SSSR count). The lowest BCUT2D eigenvalue weighted by Crippen LogP contribution is -2.17. The predicted molar refractivity (Wildman–Crippen MR) is 87.6 cm³/mol. The number of benzene rings is 1. The molecular formula is C18H27NO2. The van der Waals surface area contributed by atoms with E-state index < -0.39 is 0 Å². The number of furan rings is 1. The molecule has 0 radical (unpaired) electrons. The largest absolute Gasteiger partial charge is 0.461 e. The maximum atomic E-state index is 6.03. The lowest BCUT2D eigenvalue weighted by Gasteiger charge is -2.06. The van der Waals surface area contributed by atoms with Crippen LogP contribution in [-0.2, 0) is 17.7 Å². The Balaban J connectivity index is 1.98. The molecule has 0 unspecified atom stereocenters. The van der Waals surface area contributed by atoms with Gasteiger partial charge in [0.25, 0.3) is 0 Å². The first kappa shape index (κ1) is 16.1. The molecule has 0 saturated carbocycles. The fraction of sp³-hybridized carbons (Fsp3) is 0.556. The molecule has 0 amide bonds. The summed E-state index contributed by atoms with van der Waals surface area (Å²) in [6.07, 6.45) is 4.45. The van der Waals surface area contributed by atoms with Crippen LogP contribution in [0.1, 0.15) is 44.4 Å². The average molecular weight is 289 g/mol. The SMILES string of the molecule is CCCCc1oc2ccccc2c1CNCCCOCC. The fourth-order valence-electron chi connectivity index (χ4n) is 2.54. The molecule has 21 heavy (non-hydrogen) atoms. The Morgan fingerprint density at radius 3 is 2.81 bits per heavy atom. The molecule has 0 aliphatic rings. The molecule has 116 valence electrons. The van der Waals surface area contributed by atoms with Crippen molar-refractivity contribution in [3.63, 3.8) is 0 Å². The summed E-state index contributed by atoms with van der Waals surface area (Å²) in [5.41, 5.74) is 2.34. The normalized spacial score (nSPS) is 11.3. The molecular weight excluding hydrogens is 262 g/mol. The van der Waals surface area contributed by atoms with Gasteiger partial charge < -0.3 is 14.5 Å². The molecule has 3 heteroatoms. The van der Waals surface area contributed by atoms with Crippen LogP contribution in [-0.4, -0.2) is 19.8 Å². The molecule has 2 aromatic rings. The summed E-state index contributed by atoms with van der Waals surface area (Å²) in [6.45, 7) is 7.74. The maximum absolute atomic E-state index is 6.03.